The zero-order valence-electron chi connectivity index (χ0n) is 5.71. The summed E-state index contributed by atoms with van der Waals surface area (Å²) in [6, 6.07) is 0. The summed E-state index contributed by atoms with van der Waals surface area (Å²) in [5.74, 6) is 0. The molecule has 0 saturated heterocycles. The van der Waals surface area contributed by atoms with Gasteiger partial charge < -0.3 is 0 Å². The van der Waals surface area contributed by atoms with Crippen LogP contribution in [0, 0.1) is 6.08 Å². The molecule has 0 aromatic carbocycles. The molecule has 0 heterocycles. The third-order valence-electron chi connectivity index (χ3n) is 1.84. The van der Waals surface area contributed by atoms with Crippen LogP contribution in [0.4, 0.5) is 0 Å². The molecule has 1 heteroatoms. The average molecular weight is 218 g/mol. The van der Waals surface area contributed by atoms with E-state index < -0.39 is 0 Å². The fourth-order valence-corrected chi connectivity index (χ4v) is 1.35. The molecule has 1 radical (unpaired) electrons. The Morgan fingerprint density at radius 3 is 3.10 bits per heavy atom. The zero-order chi connectivity index (χ0) is 6.10. The Balaban J connectivity index is 0.000000500. The Labute approximate surface area is 74.5 Å². The molecule has 0 aromatic heterocycles. The Bertz CT molecular complexity index is 209. The van der Waals surface area contributed by atoms with Gasteiger partial charge in [0.15, 0.2) is 0 Å². The maximum Gasteiger partial charge on any atom is 1.00 e. The van der Waals surface area contributed by atoms with Crippen LogP contribution < -0.4 is 0 Å². The van der Waals surface area contributed by atoms with Crippen molar-refractivity contribution in [3.63, 3.8) is 0 Å². The molecular formula is C9H9Ru. The normalized spacial score (nSPS) is 20.8. The Morgan fingerprint density at radius 1 is 1.40 bits per heavy atom. The molecule has 0 atom stereocenters. The van der Waals surface area contributed by atoms with E-state index in [0.717, 1.165) is 6.42 Å². The van der Waals surface area contributed by atoms with Gasteiger partial charge in [-0.15, -0.1) is 12.2 Å². The first-order valence-electron chi connectivity index (χ1n) is 3.45. The van der Waals surface area contributed by atoms with E-state index in [0.29, 0.717) is 0 Å². The predicted molar refractivity (Wildman–Crippen MR) is 37.8 cm³/mol. The van der Waals surface area contributed by atoms with Crippen molar-refractivity contribution in [3.8, 4) is 0 Å². The molecule has 0 spiro atoms. The standard InChI is InChI=1S/C9H9.Ru/c1-2-5-9-7-3-6-8(9)4-1;/h3,6-7H,1-2,4H2;/q-1;+1. The molecule has 0 fully saturated rings. The van der Waals surface area contributed by atoms with Gasteiger partial charge in [0, 0.05) is 0 Å². The van der Waals surface area contributed by atoms with Crippen molar-refractivity contribution in [2.24, 2.45) is 0 Å². The van der Waals surface area contributed by atoms with E-state index in [-0.39, 0.29) is 19.5 Å². The first kappa shape index (κ1) is 7.94. The minimum Gasteiger partial charge on any atom is -0.201 e. The second kappa shape index (κ2) is 3.30. The van der Waals surface area contributed by atoms with Crippen LogP contribution in [-0.2, 0) is 19.5 Å². The van der Waals surface area contributed by atoms with E-state index in [9.17, 15) is 0 Å². The monoisotopic (exact) mass is 219 g/mol. The first-order valence-corrected chi connectivity index (χ1v) is 3.45. The van der Waals surface area contributed by atoms with Crippen LogP contribution in [0.1, 0.15) is 19.3 Å². The molecule has 0 aromatic rings. The van der Waals surface area contributed by atoms with E-state index in [1.165, 1.54) is 24.0 Å². The number of allylic oxidation sites excluding steroid dienone is 6. The fourth-order valence-electron chi connectivity index (χ4n) is 1.35. The minimum absolute atomic E-state index is 0. The molecule has 10 heavy (non-hydrogen) atoms. The number of rotatable bonds is 0. The molecule has 53 valence electrons. The summed E-state index contributed by atoms with van der Waals surface area (Å²) < 4.78 is 0. The van der Waals surface area contributed by atoms with Gasteiger partial charge in [0.2, 0.25) is 0 Å². The van der Waals surface area contributed by atoms with Gasteiger partial charge in [-0.25, -0.2) is 6.08 Å². The Morgan fingerprint density at radius 2 is 2.30 bits per heavy atom. The van der Waals surface area contributed by atoms with Crippen LogP contribution >= 0.6 is 0 Å². The number of fused-ring (bicyclic) bond motifs is 1. The molecule has 2 rings (SSSR count). The molecule has 0 N–H and O–H groups in total. The van der Waals surface area contributed by atoms with Crippen LogP contribution in [0.25, 0.3) is 0 Å². The maximum atomic E-state index is 3.34. The Kier molecular flexibility index (Phi) is 2.62. The largest absolute Gasteiger partial charge is 1.00 e. The summed E-state index contributed by atoms with van der Waals surface area (Å²) in [4.78, 5) is 0. The summed E-state index contributed by atoms with van der Waals surface area (Å²) >= 11 is 0. The van der Waals surface area contributed by atoms with Gasteiger partial charge in [-0.1, -0.05) is 19.3 Å². The third-order valence-corrected chi connectivity index (χ3v) is 1.84. The van der Waals surface area contributed by atoms with E-state index >= 15 is 0 Å². The van der Waals surface area contributed by atoms with Crippen LogP contribution in [0.3, 0.4) is 0 Å². The van der Waals surface area contributed by atoms with E-state index in [4.69, 9.17) is 0 Å². The molecule has 0 saturated carbocycles. The molecule has 0 amide bonds. The molecule has 0 unspecified atom stereocenters. The van der Waals surface area contributed by atoms with Crippen molar-refractivity contribution >= 4 is 0 Å². The van der Waals surface area contributed by atoms with Gasteiger partial charge in [0.05, 0.1) is 0 Å². The van der Waals surface area contributed by atoms with E-state index in [1.807, 2.05) is 0 Å². The average Bonchev–Trinajstić information content (AvgIpc) is 2.33. The first-order chi connectivity index (χ1) is 4.47. The molecule has 0 bridgehead atoms. The SMILES string of the molecule is [C-]1=C2C=CC=C2CCC1.[Ru+]. The second-order valence-electron chi connectivity index (χ2n) is 2.50. The van der Waals surface area contributed by atoms with Gasteiger partial charge in [0.25, 0.3) is 0 Å². The quantitative estimate of drug-likeness (QED) is 0.432. The van der Waals surface area contributed by atoms with Crippen LogP contribution in [0.5, 0.6) is 0 Å². The van der Waals surface area contributed by atoms with Gasteiger partial charge in [-0.05, 0) is 0 Å². The molecule has 0 nitrogen and oxygen atoms in total. The van der Waals surface area contributed by atoms with Crippen molar-refractivity contribution in [2.45, 2.75) is 19.3 Å². The maximum absolute atomic E-state index is 3.34. The summed E-state index contributed by atoms with van der Waals surface area (Å²) in [6.45, 7) is 0. The van der Waals surface area contributed by atoms with Gasteiger partial charge in [-0.3, -0.25) is 0 Å². The molecule has 0 aliphatic heterocycles. The van der Waals surface area contributed by atoms with Gasteiger partial charge in [-0.2, -0.15) is 17.2 Å². The fraction of sp³-hybridized carbons (Fsp3) is 0.333. The smallest absolute Gasteiger partial charge is 0.201 e. The van der Waals surface area contributed by atoms with Crippen molar-refractivity contribution in [1.29, 1.82) is 0 Å². The van der Waals surface area contributed by atoms with Crippen LogP contribution in [-0.4, -0.2) is 0 Å². The van der Waals surface area contributed by atoms with E-state index in [1.54, 1.807) is 0 Å². The van der Waals surface area contributed by atoms with Crippen molar-refractivity contribution < 1.29 is 19.5 Å². The zero-order valence-corrected chi connectivity index (χ0v) is 7.45. The van der Waals surface area contributed by atoms with E-state index in [2.05, 4.69) is 24.3 Å². The van der Waals surface area contributed by atoms with Gasteiger partial charge in [0.1, 0.15) is 0 Å². The number of hydrogen-bond acceptors (Lipinski definition) is 0. The minimum atomic E-state index is 0. The molecule has 2 aliphatic carbocycles. The molecule has 2 aliphatic rings. The Hall–Kier alpha value is -0.157. The summed E-state index contributed by atoms with van der Waals surface area (Å²) in [7, 11) is 0. The van der Waals surface area contributed by atoms with Crippen molar-refractivity contribution in [2.75, 3.05) is 0 Å². The molecular weight excluding hydrogens is 209 g/mol. The summed E-state index contributed by atoms with van der Waals surface area (Å²) in [5, 5.41) is 0. The summed E-state index contributed by atoms with van der Waals surface area (Å²) in [6.07, 6.45) is 13.5. The van der Waals surface area contributed by atoms with Crippen molar-refractivity contribution in [1.82, 2.24) is 0 Å². The summed E-state index contributed by atoms with van der Waals surface area (Å²) in [5.41, 5.74) is 2.84. The third kappa shape index (κ3) is 1.29. The van der Waals surface area contributed by atoms with Crippen LogP contribution in [0.2, 0.25) is 0 Å². The van der Waals surface area contributed by atoms with Crippen molar-refractivity contribution in [3.05, 3.63) is 35.5 Å². The number of hydrogen-bond donors (Lipinski definition) is 0. The predicted octanol–water partition coefficient (Wildman–Crippen LogP) is 2.39. The topological polar surface area (TPSA) is 0 Å². The van der Waals surface area contributed by atoms with Gasteiger partial charge >= 0.3 is 19.5 Å². The van der Waals surface area contributed by atoms with Crippen LogP contribution in [0.15, 0.2) is 29.4 Å². The second-order valence-corrected chi connectivity index (χ2v) is 2.50.